The van der Waals surface area contributed by atoms with E-state index in [1.54, 1.807) is 0 Å². The van der Waals surface area contributed by atoms with Crippen LogP contribution in [0.1, 0.15) is 11.1 Å². The monoisotopic (exact) mass is 308 g/mol. The van der Waals surface area contributed by atoms with E-state index < -0.39 is 0 Å². The molecule has 24 heavy (non-hydrogen) atoms. The molecule has 0 atom stereocenters. The second-order valence-electron chi connectivity index (χ2n) is 6.44. The first-order valence-corrected chi connectivity index (χ1v) is 8.38. The van der Waals surface area contributed by atoms with Crippen molar-refractivity contribution in [1.82, 2.24) is 0 Å². The normalized spacial score (nSPS) is 10.9. The lowest BCUT2D eigenvalue weighted by molar-refractivity contribution is 1.47. The third-order valence-electron chi connectivity index (χ3n) is 4.65. The van der Waals surface area contributed by atoms with Crippen molar-refractivity contribution >= 4 is 10.8 Å². The highest BCUT2D eigenvalue weighted by molar-refractivity contribution is 6.04. The molecular formula is C24H20. The maximum absolute atomic E-state index is 2.22. The second-order valence-corrected chi connectivity index (χ2v) is 6.44. The minimum absolute atomic E-state index is 1.27. The van der Waals surface area contributed by atoms with Gasteiger partial charge in [-0.05, 0) is 46.9 Å². The predicted octanol–water partition coefficient (Wildman–Crippen LogP) is 6.79. The van der Waals surface area contributed by atoms with Crippen molar-refractivity contribution in [2.75, 3.05) is 0 Å². The summed E-state index contributed by atoms with van der Waals surface area (Å²) in [4.78, 5) is 0. The zero-order valence-electron chi connectivity index (χ0n) is 14.1. The summed E-state index contributed by atoms with van der Waals surface area (Å²) in [5.74, 6) is 0. The summed E-state index contributed by atoms with van der Waals surface area (Å²) in [5.41, 5.74) is 7.71. The minimum Gasteiger partial charge on any atom is -0.0610 e. The van der Waals surface area contributed by atoms with Gasteiger partial charge in [-0.1, -0.05) is 96.1 Å². The first kappa shape index (κ1) is 14.7. The summed E-state index contributed by atoms with van der Waals surface area (Å²) < 4.78 is 0. The van der Waals surface area contributed by atoms with Crippen molar-refractivity contribution in [3.63, 3.8) is 0 Å². The molecule has 0 bridgehead atoms. The van der Waals surface area contributed by atoms with E-state index in [2.05, 4.69) is 98.8 Å². The van der Waals surface area contributed by atoms with Gasteiger partial charge in [0.15, 0.2) is 0 Å². The molecule has 0 heterocycles. The molecule has 0 N–H and O–H groups in total. The van der Waals surface area contributed by atoms with E-state index >= 15 is 0 Å². The first-order chi connectivity index (χ1) is 11.7. The van der Waals surface area contributed by atoms with E-state index in [0.29, 0.717) is 0 Å². The molecule has 0 fully saturated rings. The van der Waals surface area contributed by atoms with Crippen LogP contribution in [0.4, 0.5) is 0 Å². The van der Waals surface area contributed by atoms with Crippen LogP contribution < -0.4 is 0 Å². The Hall–Kier alpha value is -2.86. The molecule has 0 aromatic heterocycles. The number of aryl methyl sites for hydroxylation is 2. The van der Waals surface area contributed by atoms with Gasteiger partial charge in [-0.15, -0.1) is 0 Å². The van der Waals surface area contributed by atoms with Crippen molar-refractivity contribution in [1.29, 1.82) is 0 Å². The molecule has 0 unspecified atom stereocenters. The Kier molecular flexibility index (Phi) is 3.66. The Bertz CT molecular complexity index is 906. The molecule has 0 aliphatic heterocycles. The summed E-state index contributed by atoms with van der Waals surface area (Å²) in [6, 6.07) is 30.8. The molecule has 4 aromatic carbocycles. The molecule has 0 spiro atoms. The van der Waals surface area contributed by atoms with Gasteiger partial charge >= 0.3 is 0 Å². The summed E-state index contributed by atoms with van der Waals surface area (Å²) in [5, 5.41) is 2.61. The Labute approximate surface area is 143 Å². The highest BCUT2D eigenvalue weighted by Crippen LogP contribution is 2.34. The number of hydrogen-bond donors (Lipinski definition) is 0. The predicted molar refractivity (Wildman–Crippen MR) is 104 cm³/mol. The Morgan fingerprint density at radius 3 is 1.17 bits per heavy atom. The topological polar surface area (TPSA) is 0 Å². The van der Waals surface area contributed by atoms with Crippen molar-refractivity contribution < 1.29 is 0 Å². The first-order valence-electron chi connectivity index (χ1n) is 8.38. The van der Waals surface area contributed by atoms with Gasteiger partial charge in [0.05, 0.1) is 0 Å². The molecule has 0 saturated carbocycles. The fourth-order valence-corrected chi connectivity index (χ4v) is 3.28. The van der Waals surface area contributed by atoms with Crippen LogP contribution in [-0.4, -0.2) is 0 Å². The summed E-state index contributed by atoms with van der Waals surface area (Å²) in [6.45, 7) is 4.25. The van der Waals surface area contributed by atoms with Crippen LogP contribution in [-0.2, 0) is 0 Å². The zero-order chi connectivity index (χ0) is 16.5. The van der Waals surface area contributed by atoms with E-state index in [0.717, 1.165) is 0 Å². The van der Waals surface area contributed by atoms with E-state index in [1.165, 1.54) is 44.2 Å². The fourth-order valence-electron chi connectivity index (χ4n) is 3.28. The standard InChI is InChI=1S/C24H20/c1-17-9-13-19(14-10-17)21-5-3-8-24-22(6-4-7-23(21)24)20-15-11-18(2)12-16-20/h3-16H,1-2H3. The van der Waals surface area contributed by atoms with Gasteiger partial charge in [0.1, 0.15) is 0 Å². The van der Waals surface area contributed by atoms with Crippen LogP contribution in [0.3, 0.4) is 0 Å². The Balaban J connectivity index is 1.94. The molecule has 0 aliphatic carbocycles. The SMILES string of the molecule is Cc1ccc(-c2cccc3c(-c4ccc(C)cc4)cccc23)cc1. The lowest BCUT2D eigenvalue weighted by Gasteiger charge is -2.12. The van der Waals surface area contributed by atoms with Crippen LogP contribution in [0.15, 0.2) is 84.9 Å². The third kappa shape index (κ3) is 2.61. The Morgan fingerprint density at radius 1 is 0.417 bits per heavy atom. The number of rotatable bonds is 2. The Morgan fingerprint density at radius 2 is 0.792 bits per heavy atom. The molecule has 0 heteroatoms. The minimum atomic E-state index is 1.27. The highest BCUT2D eigenvalue weighted by atomic mass is 14.1. The third-order valence-corrected chi connectivity index (χ3v) is 4.65. The maximum Gasteiger partial charge on any atom is -0.00992 e. The summed E-state index contributed by atoms with van der Waals surface area (Å²) in [7, 11) is 0. The van der Waals surface area contributed by atoms with E-state index in [9.17, 15) is 0 Å². The maximum atomic E-state index is 2.22. The van der Waals surface area contributed by atoms with Crippen LogP contribution in [0, 0.1) is 13.8 Å². The van der Waals surface area contributed by atoms with Crippen LogP contribution in [0.5, 0.6) is 0 Å². The van der Waals surface area contributed by atoms with Crippen molar-refractivity contribution in [2.45, 2.75) is 13.8 Å². The van der Waals surface area contributed by atoms with E-state index in [4.69, 9.17) is 0 Å². The molecule has 0 saturated heterocycles. The number of fused-ring (bicyclic) bond motifs is 1. The van der Waals surface area contributed by atoms with Crippen molar-refractivity contribution in [2.24, 2.45) is 0 Å². The molecule has 0 aliphatic rings. The van der Waals surface area contributed by atoms with Gasteiger partial charge < -0.3 is 0 Å². The molecule has 116 valence electrons. The number of benzene rings is 4. The molecule has 0 amide bonds. The summed E-state index contributed by atoms with van der Waals surface area (Å²) >= 11 is 0. The smallest absolute Gasteiger partial charge is 0.00992 e. The van der Waals surface area contributed by atoms with E-state index in [1.807, 2.05) is 0 Å². The lowest BCUT2D eigenvalue weighted by atomic mass is 9.92. The average Bonchev–Trinajstić information content (AvgIpc) is 2.62. The van der Waals surface area contributed by atoms with Crippen molar-refractivity contribution in [3.8, 4) is 22.3 Å². The van der Waals surface area contributed by atoms with Gasteiger partial charge in [0.2, 0.25) is 0 Å². The van der Waals surface area contributed by atoms with Gasteiger partial charge in [-0.2, -0.15) is 0 Å². The van der Waals surface area contributed by atoms with Gasteiger partial charge in [-0.3, -0.25) is 0 Å². The van der Waals surface area contributed by atoms with Gasteiger partial charge in [-0.25, -0.2) is 0 Å². The average molecular weight is 308 g/mol. The molecule has 4 aromatic rings. The van der Waals surface area contributed by atoms with Crippen LogP contribution >= 0.6 is 0 Å². The quantitative estimate of drug-likeness (QED) is 0.382. The highest BCUT2D eigenvalue weighted by Gasteiger charge is 2.08. The van der Waals surface area contributed by atoms with Crippen LogP contribution in [0.2, 0.25) is 0 Å². The molecule has 0 nitrogen and oxygen atoms in total. The largest absolute Gasteiger partial charge is 0.0610 e. The lowest BCUT2D eigenvalue weighted by Crippen LogP contribution is -1.85. The molecular weight excluding hydrogens is 288 g/mol. The van der Waals surface area contributed by atoms with Gasteiger partial charge in [0, 0.05) is 0 Å². The molecule has 0 radical (unpaired) electrons. The van der Waals surface area contributed by atoms with Crippen molar-refractivity contribution in [3.05, 3.63) is 96.1 Å². The van der Waals surface area contributed by atoms with Gasteiger partial charge in [0.25, 0.3) is 0 Å². The number of hydrogen-bond acceptors (Lipinski definition) is 0. The molecule has 4 rings (SSSR count). The second kappa shape index (κ2) is 5.98. The van der Waals surface area contributed by atoms with Crippen LogP contribution in [0.25, 0.3) is 33.0 Å². The van der Waals surface area contributed by atoms with E-state index in [-0.39, 0.29) is 0 Å². The fraction of sp³-hybridized carbons (Fsp3) is 0.0833. The summed E-state index contributed by atoms with van der Waals surface area (Å²) in [6.07, 6.45) is 0. The zero-order valence-corrected chi connectivity index (χ0v) is 14.1.